The minimum atomic E-state index is 0.150. The zero-order chi connectivity index (χ0) is 10.7. The van der Waals surface area contributed by atoms with Gasteiger partial charge in [0.05, 0.1) is 11.9 Å². The molecule has 0 aliphatic rings. The van der Waals surface area contributed by atoms with Crippen molar-refractivity contribution in [3.63, 3.8) is 0 Å². The highest BCUT2D eigenvalue weighted by Gasteiger charge is 2.03. The molecular weight excluding hydrogens is 188 g/mol. The van der Waals surface area contributed by atoms with Crippen molar-refractivity contribution < 1.29 is 5.11 Å². The second-order valence-electron chi connectivity index (χ2n) is 3.27. The first-order valence-corrected chi connectivity index (χ1v) is 4.74. The zero-order valence-corrected chi connectivity index (χ0v) is 8.22. The number of hydrogen-bond acceptors (Lipinski definition) is 3. The average Bonchev–Trinajstić information content (AvgIpc) is 2.31. The van der Waals surface area contributed by atoms with Crippen LogP contribution in [0.25, 0.3) is 11.3 Å². The highest BCUT2D eigenvalue weighted by atomic mass is 16.3. The van der Waals surface area contributed by atoms with Crippen molar-refractivity contribution in [2.24, 2.45) is 5.73 Å². The molecule has 0 unspecified atom stereocenters. The molecule has 0 aliphatic heterocycles. The molecule has 0 amide bonds. The summed E-state index contributed by atoms with van der Waals surface area (Å²) in [4.78, 5) is 4.15. The monoisotopic (exact) mass is 200 g/mol. The molecule has 2 rings (SSSR count). The first kappa shape index (κ1) is 9.68. The van der Waals surface area contributed by atoms with Crippen LogP contribution >= 0.6 is 0 Å². The molecule has 3 nitrogen and oxygen atoms in total. The number of pyridine rings is 1. The van der Waals surface area contributed by atoms with Crippen LogP contribution in [0.3, 0.4) is 0 Å². The fourth-order valence-corrected chi connectivity index (χ4v) is 1.42. The van der Waals surface area contributed by atoms with Gasteiger partial charge in [-0.2, -0.15) is 0 Å². The summed E-state index contributed by atoms with van der Waals surface area (Å²) in [6.45, 7) is 0.314. The van der Waals surface area contributed by atoms with Gasteiger partial charge in [0, 0.05) is 17.7 Å². The van der Waals surface area contributed by atoms with Gasteiger partial charge in [0.25, 0.3) is 0 Å². The van der Waals surface area contributed by atoms with E-state index in [0.717, 1.165) is 11.3 Å². The molecule has 0 radical (unpaired) electrons. The Kier molecular flexibility index (Phi) is 2.65. The summed E-state index contributed by atoms with van der Waals surface area (Å²) in [5.41, 5.74) is 8.07. The predicted molar refractivity (Wildman–Crippen MR) is 59.2 cm³/mol. The maximum absolute atomic E-state index is 9.44. The molecule has 76 valence electrons. The minimum absolute atomic E-state index is 0.150. The standard InChI is InChI=1S/C12H12N2O/c13-7-10-6-11(14-8-12(10)15)9-4-2-1-3-5-9/h1-6,8,15H,7,13H2. The first-order chi connectivity index (χ1) is 7.31. The van der Waals surface area contributed by atoms with Gasteiger partial charge in [-0.25, -0.2) is 0 Å². The summed E-state index contributed by atoms with van der Waals surface area (Å²) >= 11 is 0. The van der Waals surface area contributed by atoms with E-state index in [2.05, 4.69) is 4.98 Å². The molecule has 0 spiro atoms. The number of nitrogens with two attached hydrogens (primary N) is 1. The van der Waals surface area contributed by atoms with Gasteiger partial charge in [0.2, 0.25) is 0 Å². The lowest BCUT2D eigenvalue weighted by molar-refractivity contribution is 0.466. The number of benzene rings is 1. The van der Waals surface area contributed by atoms with Gasteiger partial charge >= 0.3 is 0 Å². The summed E-state index contributed by atoms with van der Waals surface area (Å²) < 4.78 is 0. The molecule has 0 fully saturated rings. The second kappa shape index (κ2) is 4.11. The largest absolute Gasteiger partial charge is 0.506 e. The SMILES string of the molecule is NCc1cc(-c2ccccc2)ncc1O. The fraction of sp³-hybridized carbons (Fsp3) is 0.0833. The molecule has 1 heterocycles. The summed E-state index contributed by atoms with van der Waals surface area (Å²) in [6.07, 6.45) is 1.44. The maximum atomic E-state index is 9.44. The molecule has 0 bridgehead atoms. The summed E-state index contributed by atoms with van der Waals surface area (Å²) in [5, 5.41) is 9.44. The van der Waals surface area contributed by atoms with Gasteiger partial charge in [-0.1, -0.05) is 30.3 Å². The number of hydrogen-bond donors (Lipinski definition) is 2. The molecule has 0 saturated carbocycles. The van der Waals surface area contributed by atoms with Crippen LogP contribution in [-0.4, -0.2) is 10.1 Å². The van der Waals surface area contributed by atoms with Crippen LogP contribution in [0, 0.1) is 0 Å². The Morgan fingerprint density at radius 3 is 2.60 bits per heavy atom. The van der Waals surface area contributed by atoms with Crippen LogP contribution in [0.4, 0.5) is 0 Å². The first-order valence-electron chi connectivity index (χ1n) is 4.74. The number of aromatic nitrogens is 1. The van der Waals surface area contributed by atoms with Crippen LogP contribution in [-0.2, 0) is 6.54 Å². The molecule has 1 aromatic heterocycles. The van der Waals surface area contributed by atoms with Crippen molar-refractivity contribution in [3.05, 3.63) is 48.2 Å². The van der Waals surface area contributed by atoms with E-state index in [-0.39, 0.29) is 5.75 Å². The average molecular weight is 200 g/mol. The van der Waals surface area contributed by atoms with E-state index in [9.17, 15) is 5.11 Å². The Labute approximate surface area is 88.2 Å². The topological polar surface area (TPSA) is 59.1 Å². The molecule has 0 aliphatic carbocycles. The third-order valence-corrected chi connectivity index (χ3v) is 2.26. The van der Waals surface area contributed by atoms with Crippen LogP contribution in [0.5, 0.6) is 5.75 Å². The third kappa shape index (κ3) is 1.97. The van der Waals surface area contributed by atoms with Crippen molar-refractivity contribution in [3.8, 4) is 17.0 Å². The molecular formula is C12H12N2O. The molecule has 0 atom stereocenters. The molecule has 3 N–H and O–H groups in total. The lowest BCUT2D eigenvalue weighted by Crippen LogP contribution is -1.98. The number of aromatic hydroxyl groups is 1. The second-order valence-corrected chi connectivity index (χ2v) is 3.27. The third-order valence-electron chi connectivity index (χ3n) is 2.26. The van der Waals surface area contributed by atoms with E-state index in [1.54, 1.807) is 0 Å². The normalized spacial score (nSPS) is 10.2. The smallest absolute Gasteiger partial charge is 0.138 e. The quantitative estimate of drug-likeness (QED) is 0.778. The van der Waals surface area contributed by atoms with E-state index in [1.165, 1.54) is 6.20 Å². The van der Waals surface area contributed by atoms with E-state index in [0.29, 0.717) is 12.1 Å². The Hall–Kier alpha value is -1.87. The van der Waals surface area contributed by atoms with E-state index in [1.807, 2.05) is 36.4 Å². The Bertz CT molecular complexity index is 454. The predicted octanol–water partition coefficient (Wildman–Crippen LogP) is 1.91. The molecule has 15 heavy (non-hydrogen) atoms. The summed E-state index contributed by atoms with van der Waals surface area (Å²) in [7, 11) is 0. The Morgan fingerprint density at radius 1 is 1.20 bits per heavy atom. The number of nitrogens with zero attached hydrogens (tertiary/aromatic N) is 1. The van der Waals surface area contributed by atoms with Crippen molar-refractivity contribution in [2.45, 2.75) is 6.54 Å². The molecule has 1 aromatic carbocycles. The molecule has 2 aromatic rings. The van der Waals surface area contributed by atoms with Gasteiger partial charge in [0.15, 0.2) is 0 Å². The fourth-order valence-electron chi connectivity index (χ4n) is 1.42. The number of rotatable bonds is 2. The van der Waals surface area contributed by atoms with Crippen molar-refractivity contribution in [2.75, 3.05) is 0 Å². The highest BCUT2D eigenvalue weighted by Crippen LogP contribution is 2.22. The van der Waals surface area contributed by atoms with Gasteiger partial charge in [0.1, 0.15) is 5.75 Å². The van der Waals surface area contributed by atoms with Crippen LogP contribution in [0.1, 0.15) is 5.56 Å². The molecule has 3 heteroatoms. The van der Waals surface area contributed by atoms with Gasteiger partial charge in [-0.15, -0.1) is 0 Å². The van der Waals surface area contributed by atoms with Crippen LogP contribution in [0.2, 0.25) is 0 Å². The van der Waals surface area contributed by atoms with Crippen LogP contribution < -0.4 is 5.73 Å². The maximum Gasteiger partial charge on any atom is 0.138 e. The highest BCUT2D eigenvalue weighted by molar-refractivity contribution is 5.60. The van der Waals surface area contributed by atoms with Crippen molar-refractivity contribution in [1.82, 2.24) is 4.98 Å². The lowest BCUT2D eigenvalue weighted by atomic mass is 10.1. The van der Waals surface area contributed by atoms with E-state index >= 15 is 0 Å². The Balaban J connectivity index is 2.46. The van der Waals surface area contributed by atoms with Crippen molar-refractivity contribution in [1.29, 1.82) is 0 Å². The van der Waals surface area contributed by atoms with Crippen molar-refractivity contribution >= 4 is 0 Å². The van der Waals surface area contributed by atoms with Crippen LogP contribution in [0.15, 0.2) is 42.6 Å². The Morgan fingerprint density at radius 2 is 1.93 bits per heavy atom. The molecule has 0 saturated heterocycles. The zero-order valence-electron chi connectivity index (χ0n) is 8.22. The lowest BCUT2D eigenvalue weighted by Gasteiger charge is -2.04. The summed E-state index contributed by atoms with van der Waals surface area (Å²) in [5.74, 6) is 0.150. The van der Waals surface area contributed by atoms with E-state index in [4.69, 9.17) is 5.73 Å². The van der Waals surface area contributed by atoms with E-state index < -0.39 is 0 Å². The van der Waals surface area contributed by atoms with Gasteiger partial charge in [-0.3, -0.25) is 4.98 Å². The van der Waals surface area contributed by atoms with Gasteiger partial charge in [-0.05, 0) is 6.07 Å². The van der Waals surface area contributed by atoms with Gasteiger partial charge < -0.3 is 10.8 Å². The minimum Gasteiger partial charge on any atom is -0.506 e. The summed E-state index contributed by atoms with van der Waals surface area (Å²) in [6, 6.07) is 11.6.